The number of thiophene rings is 1. The summed E-state index contributed by atoms with van der Waals surface area (Å²) in [7, 11) is 0. The maximum atomic E-state index is 11.3. The minimum atomic E-state index is -0.00171. The third kappa shape index (κ3) is 4.29. The van der Waals surface area contributed by atoms with Gasteiger partial charge in [-0.2, -0.15) is 11.3 Å². The van der Waals surface area contributed by atoms with Crippen molar-refractivity contribution in [1.82, 2.24) is 9.88 Å². The monoisotopic (exact) mass is 302 g/mol. The molecule has 0 aliphatic carbocycles. The van der Waals surface area contributed by atoms with Crippen LogP contribution in [0, 0.1) is 5.92 Å². The molecular weight excluding hydrogens is 280 g/mol. The van der Waals surface area contributed by atoms with Gasteiger partial charge in [0, 0.05) is 18.3 Å². The molecule has 0 bridgehead atoms. The molecular formula is C17H22N2OS. The number of likely N-dealkylation sites (tertiary alicyclic amines) is 1. The van der Waals surface area contributed by atoms with Crippen molar-refractivity contribution in [2.75, 3.05) is 13.1 Å². The molecule has 0 amide bonds. The van der Waals surface area contributed by atoms with Crippen molar-refractivity contribution in [3.05, 3.63) is 56.6 Å². The second kappa shape index (κ2) is 7.05. The number of aryl methyl sites for hydroxylation is 1. The van der Waals surface area contributed by atoms with Gasteiger partial charge in [0.2, 0.25) is 5.56 Å². The second-order valence-corrected chi connectivity index (χ2v) is 6.71. The van der Waals surface area contributed by atoms with E-state index >= 15 is 0 Å². The largest absolute Gasteiger partial charge is 0.325 e. The average Bonchev–Trinajstić information content (AvgIpc) is 3.00. The number of H-pyrrole nitrogens is 1. The Hall–Kier alpha value is -1.39. The quantitative estimate of drug-likeness (QED) is 0.920. The van der Waals surface area contributed by atoms with Crippen LogP contribution in [-0.4, -0.2) is 23.0 Å². The van der Waals surface area contributed by atoms with E-state index in [0.29, 0.717) is 0 Å². The standard InChI is InChI=1S/C17H22N2OS/c20-17-3-1-2-16(18-17)12-19-9-6-14(7-10-19)4-5-15-8-11-21-13-15/h1-3,8,11,13-14H,4-7,9-10,12H2,(H,18,20). The van der Waals surface area contributed by atoms with E-state index in [-0.39, 0.29) is 5.56 Å². The van der Waals surface area contributed by atoms with Crippen molar-refractivity contribution in [3.63, 3.8) is 0 Å². The van der Waals surface area contributed by atoms with Gasteiger partial charge in [-0.3, -0.25) is 9.69 Å². The van der Waals surface area contributed by atoms with Crippen molar-refractivity contribution in [2.24, 2.45) is 5.92 Å². The second-order valence-electron chi connectivity index (χ2n) is 5.93. The molecule has 3 heterocycles. The molecule has 21 heavy (non-hydrogen) atoms. The lowest BCUT2D eigenvalue weighted by Gasteiger charge is -2.31. The van der Waals surface area contributed by atoms with E-state index in [9.17, 15) is 4.79 Å². The summed E-state index contributed by atoms with van der Waals surface area (Å²) >= 11 is 1.79. The summed E-state index contributed by atoms with van der Waals surface area (Å²) < 4.78 is 0. The molecule has 2 aromatic rings. The third-order valence-electron chi connectivity index (χ3n) is 4.35. The van der Waals surface area contributed by atoms with Gasteiger partial charge in [-0.25, -0.2) is 0 Å². The van der Waals surface area contributed by atoms with Crippen molar-refractivity contribution >= 4 is 11.3 Å². The Morgan fingerprint density at radius 1 is 1.24 bits per heavy atom. The molecule has 0 spiro atoms. The molecule has 1 N–H and O–H groups in total. The zero-order valence-electron chi connectivity index (χ0n) is 12.3. The first-order valence-electron chi connectivity index (χ1n) is 7.71. The molecule has 1 saturated heterocycles. The van der Waals surface area contributed by atoms with Crippen LogP contribution in [0.3, 0.4) is 0 Å². The SMILES string of the molecule is O=c1cccc(CN2CCC(CCc3ccsc3)CC2)[nH]1. The highest BCUT2D eigenvalue weighted by molar-refractivity contribution is 7.07. The summed E-state index contributed by atoms with van der Waals surface area (Å²) in [5.41, 5.74) is 2.52. The zero-order valence-corrected chi connectivity index (χ0v) is 13.1. The van der Waals surface area contributed by atoms with Gasteiger partial charge in [-0.15, -0.1) is 0 Å². The fraction of sp³-hybridized carbons (Fsp3) is 0.471. The Labute approximate surface area is 129 Å². The van der Waals surface area contributed by atoms with Crippen LogP contribution in [0.15, 0.2) is 39.8 Å². The first-order chi connectivity index (χ1) is 10.3. The van der Waals surface area contributed by atoms with Crippen LogP contribution in [0.1, 0.15) is 30.5 Å². The number of nitrogens with zero attached hydrogens (tertiary/aromatic N) is 1. The average molecular weight is 302 g/mol. The highest BCUT2D eigenvalue weighted by Crippen LogP contribution is 2.23. The molecule has 0 aromatic carbocycles. The van der Waals surface area contributed by atoms with Crippen LogP contribution >= 0.6 is 11.3 Å². The number of rotatable bonds is 5. The van der Waals surface area contributed by atoms with Crippen LogP contribution in [0.4, 0.5) is 0 Å². The summed E-state index contributed by atoms with van der Waals surface area (Å²) in [6.07, 6.45) is 5.09. The summed E-state index contributed by atoms with van der Waals surface area (Å²) in [4.78, 5) is 16.7. The van der Waals surface area contributed by atoms with Gasteiger partial charge in [0.1, 0.15) is 0 Å². The van der Waals surface area contributed by atoms with Crippen molar-refractivity contribution in [3.8, 4) is 0 Å². The Morgan fingerprint density at radius 3 is 2.81 bits per heavy atom. The van der Waals surface area contributed by atoms with E-state index in [4.69, 9.17) is 0 Å². The Morgan fingerprint density at radius 2 is 2.10 bits per heavy atom. The van der Waals surface area contributed by atoms with Crippen molar-refractivity contribution in [1.29, 1.82) is 0 Å². The Balaban J connectivity index is 1.43. The van der Waals surface area contributed by atoms with Crippen LogP contribution in [-0.2, 0) is 13.0 Å². The number of pyridine rings is 1. The maximum Gasteiger partial charge on any atom is 0.248 e. The molecule has 112 valence electrons. The molecule has 1 aliphatic heterocycles. The first kappa shape index (κ1) is 14.5. The highest BCUT2D eigenvalue weighted by Gasteiger charge is 2.19. The van der Waals surface area contributed by atoms with Gasteiger partial charge in [0.25, 0.3) is 0 Å². The van der Waals surface area contributed by atoms with Gasteiger partial charge in [-0.1, -0.05) is 6.07 Å². The predicted octanol–water partition coefficient (Wildman–Crippen LogP) is 3.28. The lowest BCUT2D eigenvalue weighted by atomic mass is 9.91. The molecule has 0 saturated carbocycles. The fourth-order valence-corrected chi connectivity index (χ4v) is 3.77. The molecule has 2 aromatic heterocycles. The van der Waals surface area contributed by atoms with E-state index < -0.39 is 0 Å². The molecule has 1 fully saturated rings. The maximum absolute atomic E-state index is 11.3. The summed E-state index contributed by atoms with van der Waals surface area (Å²) in [6, 6.07) is 7.65. The number of nitrogens with one attached hydrogen (secondary N) is 1. The Kier molecular flexibility index (Phi) is 4.88. The number of aromatic nitrogens is 1. The van der Waals surface area contributed by atoms with Gasteiger partial charge in [0.05, 0.1) is 0 Å². The van der Waals surface area contributed by atoms with Gasteiger partial charge < -0.3 is 4.98 Å². The van der Waals surface area contributed by atoms with Gasteiger partial charge in [0.15, 0.2) is 0 Å². The number of hydrogen-bond acceptors (Lipinski definition) is 3. The first-order valence-corrected chi connectivity index (χ1v) is 8.65. The van der Waals surface area contributed by atoms with Crippen LogP contribution in [0.25, 0.3) is 0 Å². The number of aromatic amines is 1. The fourth-order valence-electron chi connectivity index (χ4n) is 3.07. The number of hydrogen-bond donors (Lipinski definition) is 1. The summed E-state index contributed by atoms with van der Waals surface area (Å²) in [5, 5.41) is 4.43. The normalized spacial score (nSPS) is 17.1. The molecule has 3 rings (SSSR count). The molecule has 0 unspecified atom stereocenters. The van der Waals surface area contributed by atoms with E-state index in [1.807, 2.05) is 12.1 Å². The van der Waals surface area contributed by atoms with Crippen molar-refractivity contribution in [2.45, 2.75) is 32.2 Å². The van der Waals surface area contributed by atoms with Crippen molar-refractivity contribution < 1.29 is 0 Å². The van der Waals surface area contributed by atoms with E-state index in [2.05, 4.69) is 26.7 Å². The number of piperidine rings is 1. The lowest BCUT2D eigenvalue weighted by molar-refractivity contribution is 0.171. The van der Waals surface area contributed by atoms with Crippen LogP contribution in [0.5, 0.6) is 0 Å². The van der Waals surface area contributed by atoms with Gasteiger partial charge in [-0.05, 0) is 73.1 Å². The topological polar surface area (TPSA) is 36.1 Å². The molecule has 3 nitrogen and oxygen atoms in total. The minimum Gasteiger partial charge on any atom is -0.325 e. The molecule has 4 heteroatoms. The smallest absolute Gasteiger partial charge is 0.248 e. The molecule has 1 aliphatic rings. The molecule has 0 atom stereocenters. The third-order valence-corrected chi connectivity index (χ3v) is 5.08. The zero-order chi connectivity index (χ0) is 14.5. The predicted molar refractivity (Wildman–Crippen MR) is 87.7 cm³/mol. The summed E-state index contributed by atoms with van der Waals surface area (Å²) in [5.74, 6) is 0.857. The Bertz CT molecular complexity index is 597. The van der Waals surface area contributed by atoms with Crippen LogP contribution < -0.4 is 5.56 Å². The highest BCUT2D eigenvalue weighted by atomic mass is 32.1. The van der Waals surface area contributed by atoms with E-state index in [1.165, 1.54) is 31.2 Å². The lowest BCUT2D eigenvalue weighted by Crippen LogP contribution is -2.34. The van der Waals surface area contributed by atoms with Gasteiger partial charge >= 0.3 is 0 Å². The van der Waals surface area contributed by atoms with E-state index in [1.54, 1.807) is 17.4 Å². The van der Waals surface area contributed by atoms with E-state index in [0.717, 1.165) is 31.2 Å². The minimum absolute atomic E-state index is 0.00171. The summed E-state index contributed by atoms with van der Waals surface area (Å²) in [6.45, 7) is 3.16. The van der Waals surface area contributed by atoms with Crippen LogP contribution in [0.2, 0.25) is 0 Å². The molecule has 0 radical (unpaired) electrons.